The number of nitro groups is 1. The Kier molecular flexibility index (Phi) is 8.63. The zero-order valence-corrected chi connectivity index (χ0v) is 19.2. The lowest BCUT2D eigenvalue weighted by Gasteiger charge is -2.33. The second-order valence-corrected chi connectivity index (χ2v) is 8.38. The van der Waals surface area contributed by atoms with Crippen LogP contribution in [-0.4, -0.2) is 30.0 Å². The number of nitro benzene ring substituents is 1. The van der Waals surface area contributed by atoms with Gasteiger partial charge in [-0.3, -0.25) is 14.9 Å². The molecule has 1 amide bonds. The highest BCUT2D eigenvalue weighted by atomic mass is 35.5. The van der Waals surface area contributed by atoms with Crippen LogP contribution in [0.5, 0.6) is 0 Å². The number of nitrogens with one attached hydrogen (secondary N) is 1. The Bertz CT molecular complexity index is 1010. The summed E-state index contributed by atoms with van der Waals surface area (Å²) in [4.78, 5) is 26.2. The molecule has 33 heavy (non-hydrogen) atoms. The highest BCUT2D eigenvalue weighted by Crippen LogP contribution is 2.39. The number of amides is 1. The predicted molar refractivity (Wildman–Crippen MR) is 130 cm³/mol. The van der Waals surface area contributed by atoms with Crippen LogP contribution in [0.1, 0.15) is 24.0 Å². The van der Waals surface area contributed by atoms with Gasteiger partial charge in [-0.1, -0.05) is 35.9 Å². The van der Waals surface area contributed by atoms with E-state index in [1.807, 2.05) is 17.0 Å². The fourth-order valence-corrected chi connectivity index (χ4v) is 3.88. The molecule has 0 saturated heterocycles. The Labute approximate surface area is 198 Å². The SMILES string of the molecule is C=CCOCc1cc([N+](=O)[O-])ccc1N(CC=C)C(C(=O)NCc1ccc(Cl)cc1)C1CC1. The van der Waals surface area contributed by atoms with Gasteiger partial charge in [-0.05, 0) is 42.5 Å². The molecule has 7 nitrogen and oxygen atoms in total. The maximum Gasteiger partial charge on any atom is 0.269 e. The summed E-state index contributed by atoms with van der Waals surface area (Å²) >= 11 is 5.95. The minimum absolute atomic E-state index is 0.0235. The number of hydrogen-bond donors (Lipinski definition) is 1. The monoisotopic (exact) mass is 469 g/mol. The number of non-ortho nitro benzene ring substituents is 1. The van der Waals surface area contributed by atoms with Crippen molar-refractivity contribution >= 4 is 28.9 Å². The van der Waals surface area contributed by atoms with Gasteiger partial charge in [0.05, 0.1) is 18.1 Å². The lowest BCUT2D eigenvalue weighted by atomic mass is 10.0. The van der Waals surface area contributed by atoms with Crippen LogP contribution in [0.15, 0.2) is 67.8 Å². The van der Waals surface area contributed by atoms with Crippen LogP contribution in [0.3, 0.4) is 0 Å². The summed E-state index contributed by atoms with van der Waals surface area (Å²) in [6.45, 7) is 8.79. The first-order chi connectivity index (χ1) is 15.9. The average molecular weight is 470 g/mol. The van der Waals surface area contributed by atoms with Gasteiger partial charge in [-0.15, -0.1) is 13.2 Å². The summed E-state index contributed by atoms with van der Waals surface area (Å²) in [6.07, 6.45) is 5.25. The number of halogens is 1. The molecule has 1 N–H and O–H groups in total. The first-order valence-corrected chi connectivity index (χ1v) is 11.2. The van der Waals surface area contributed by atoms with E-state index >= 15 is 0 Å². The second kappa shape index (κ2) is 11.6. The highest BCUT2D eigenvalue weighted by Gasteiger charge is 2.40. The van der Waals surface area contributed by atoms with E-state index in [9.17, 15) is 14.9 Å². The number of nitrogens with zero attached hydrogens (tertiary/aromatic N) is 2. The first-order valence-electron chi connectivity index (χ1n) is 10.8. The summed E-state index contributed by atoms with van der Waals surface area (Å²) < 4.78 is 5.60. The summed E-state index contributed by atoms with van der Waals surface area (Å²) in [6, 6.07) is 11.6. The van der Waals surface area contributed by atoms with E-state index in [2.05, 4.69) is 18.5 Å². The standard InChI is InChI=1S/C25H28ClN3O4/c1-3-13-28(23-12-11-22(29(31)32)15-20(23)17-33-14-4-2)24(19-7-8-19)25(30)27-16-18-5-9-21(26)10-6-18/h3-6,9-12,15,19,24H,1-2,7-8,13-14,16-17H2,(H,27,30). The molecule has 1 aliphatic rings. The van der Waals surface area contributed by atoms with Gasteiger partial charge in [-0.25, -0.2) is 0 Å². The number of carbonyl (C=O) groups excluding carboxylic acids is 1. The minimum Gasteiger partial charge on any atom is -0.373 e. The molecule has 1 unspecified atom stereocenters. The Balaban J connectivity index is 1.88. The predicted octanol–water partition coefficient (Wildman–Crippen LogP) is 5.04. The molecule has 0 radical (unpaired) electrons. The van der Waals surface area contributed by atoms with E-state index < -0.39 is 11.0 Å². The van der Waals surface area contributed by atoms with Crippen LogP contribution >= 0.6 is 11.6 Å². The quantitative estimate of drug-likeness (QED) is 0.192. The lowest BCUT2D eigenvalue weighted by molar-refractivity contribution is -0.384. The molecule has 1 atom stereocenters. The van der Waals surface area contributed by atoms with Crippen molar-refractivity contribution in [2.24, 2.45) is 5.92 Å². The fraction of sp³-hybridized carbons (Fsp3) is 0.320. The lowest BCUT2D eigenvalue weighted by Crippen LogP contribution is -2.49. The molecule has 174 valence electrons. The number of hydrogen-bond acceptors (Lipinski definition) is 5. The van der Waals surface area contributed by atoms with Gasteiger partial charge in [-0.2, -0.15) is 0 Å². The molecule has 1 fully saturated rings. The van der Waals surface area contributed by atoms with Crippen molar-refractivity contribution in [2.75, 3.05) is 18.1 Å². The van der Waals surface area contributed by atoms with Gasteiger partial charge in [0.1, 0.15) is 6.04 Å². The van der Waals surface area contributed by atoms with Crippen molar-refractivity contribution in [3.8, 4) is 0 Å². The number of benzene rings is 2. The van der Waals surface area contributed by atoms with Gasteiger partial charge in [0, 0.05) is 41.5 Å². The molecule has 1 aliphatic carbocycles. The van der Waals surface area contributed by atoms with E-state index in [0.717, 1.165) is 24.1 Å². The van der Waals surface area contributed by atoms with Crippen LogP contribution in [0.25, 0.3) is 0 Å². The topological polar surface area (TPSA) is 84.7 Å². The molecule has 1 saturated carbocycles. The number of anilines is 1. The van der Waals surface area contributed by atoms with Crippen molar-refractivity contribution in [3.05, 3.63) is 94.0 Å². The van der Waals surface area contributed by atoms with E-state index in [-0.39, 0.29) is 24.1 Å². The highest BCUT2D eigenvalue weighted by molar-refractivity contribution is 6.30. The zero-order valence-electron chi connectivity index (χ0n) is 18.4. The summed E-state index contributed by atoms with van der Waals surface area (Å²) in [7, 11) is 0. The van der Waals surface area contributed by atoms with E-state index in [1.54, 1.807) is 30.4 Å². The summed E-state index contributed by atoms with van der Waals surface area (Å²) in [5.41, 5.74) is 2.29. The molecule has 2 aromatic carbocycles. The molecular weight excluding hydrogens is 442 g/mol. The first kappa shape index (κ1) is 24.5. The minimum atomic E-state index is -0.435. The molecule has 0 heterocycles. The van der Waals surface area contributed by atoms with Crippen LogP contribution in [0.4, 0.5) is 11.4 Å². The van der Waals surface area contributed by atoms with Gasteiger partial charge in [0.25, 0.3) is 5.69 Å². The number of ether oxygens (including phenoxy) is 1. The van der Waals surface area contributed by atoms with E-state index in [1.165, 1.54) is 12.1 Å². The third kappa shape index (κ3) is 6.66. The molecule has 0 bridgehead atoms. The summed E-state index contributed by atoms with van der Waals surface area (Å²) in [5.74, 6) is 0.109. The Hall–Kier alpha value is -3.16. The van der Waals surface area contributed by atoms with Crippen molar-refractivity contribution in [1.82, 2.24) is 5.32 Å². The molecule has 2 aromatic rings. The van der Waals surface area contributed by atoms with Crippen LogP contribution < -0.4 is 10.2 Å². The van der Waals surface area contributed by atoms with Crippen LogP contribution in [0.2, 0.25) is 5.02 Å². The molecule has 0 spiro atoms. The molecule has 3 rings (SSSR count). The maximum atomic E-state index is 13.3. The molecule has 0 aliphatic heterocycles. The van der Waals surface area contributed by atoms with Crippen molar-refractivity contribution in [3.63, 3.8) is 0 Å². The fourth-order valence-electron chi connectivity index (χ4n) is 3.75. The normalized spacial score (nSPS) is 13.7. The smallest absolute Gasteiger partial charge is 0.269 e. The van der Waals surface area contributed by atoms with Crippen LogP contribution in [0, 0.1) is 16.0 Å². The van der Waals surface area contributed by atoms with Gasteiger partial charge in [0.15, 0.2) is 0 Å². The zero-order chi connectivity index (χ0) is 23.8. The molecule has 0 aromatic heterocycles. The number of carbonyl (C=O) groups is 1. The van der Waals surface area contributed by atoms with Crippen LogP contribution in [-0.2, 0) is 22.7 Å². The third-order valence-electron chi connectivity index (χ3n) is 5.46. The third-order valence-corrected chi connectivity index (χ3v) is 5.71. The Morgan fingerprint density at radius 2 is 1.97 bits per heavy atom. The van der Waals surface area contributed by atoms with E-state index in [4.69, 9.17) is 16.3 Å². The summed E-state index contributed by atoms with van der Waals surface area (Å²) in [5, 5.41) is 15.0. The van der Waals surface area contributed by atoms with Gasteiger partial charge in [0.2, 0.25) is 5.91 Å². The maximum absolute atomic E-state index is 13.3. The average Bonchev–Trinajstić information content (AvgIpc) is 3.63. The van der Waals surface area contributed by atoms with Gasteiger partial charge >= 0.3 is 0 Å². The van der Waals surface area contributed by atoms with Crippen molar-refractivity contribution < 1.29 is 14.5 Å². The second-order valence-electron chi connectivity index (χ2n) is 7.94. The molecule has 8 heteroatoms. The molecular formula is C25H28ClN3O4. The number of rotatable bonds is 13. The largest absolute Gasteiger partial charge is 0.373 e. The van der Waals surface area contributed by atoms with E-state index in [0.29, 0.717) is 30.3 Å². The van der Waals surface area contributed by atoms with Crippen molar-refractivity contribution in [1.29, 1.82) is 0 Å². The Morgan fingerprint density at radius 1 is 1.24 bits per heavy atom. The Morgan fingerprint density at radius 3 is 2.58 bits per heavy atom. The van der Waals surface area contributed by atoms with Gasteiger partial charge < -0.3 is 15.0 Å². The van der Waals surface area contributed by atoms with Crippen molar-refractivity contribution in [2.45, 2.75) is 32.0 Å².